The van der Waals surface area contributed by atoms with Gasteiger partial charge in [-0.1, -0.05) is 276 Å². The van der Waals surface area contributed by atoms with E-state index in [2.05, 4.69) is 142 Å². The summed E-state index contributed by atoms with van der Waals surface area (Å²) in [6.07, 6.45) is 91.8. The predicted octanol–water partition coefficient (Wildman–Crippen LogP) is 21.5. The zero-order valence-electron chi connectivity index (χ0n) is 49.7. The van der Waals surface area contributed by atoms with E-state index in [1.165, 1.54) is 122 Å². The number of rotatable bonds is 55. The van der Waals surface area contributed by atoms with Crippen LogP contribution in [0.2, 0.25) is 0 Å². The molecular weight excluding hydrogens is 949 g/mol. The summed E-state index contributed by atoms with van der Waals surface area (Å²) in [7, 11) is 0. The average molecular weight is 1060 g/mol. The molecule has 0 rings (SSSR count). The van der Waals surface area contributed by atoms with Gasteiger partial charge < -0.3 is 14.2 Å². The molecular formula is C71H114O6. The molecule has 0 heterocycles. The number of esters is 3. The van der Waals surface area contributed by atoms with E-state index in [0.717, 1.165) is 89.9 Å². The van der Waals surface area contributed by atoms with Crippen molar-refractivity contribution in [2.24, 2.45) is 0 Å². The normalized spacial score (nSPS) is 13.1. The van der Waals surface area contributed by atoms with Crippen molar-refractivity contribution in [3.8, 4) is 0 Å². The van der Waals surface area contributed by atoms with Gasteiger partial charge in [0.25, 0.3) is 0 Å². The Balaban J connectivity index is 4.42. The molecule has 0 amide bonds. The summed E-state index contributed by atoms with van der Waals surface area (Å²) in [5, 5.41) is 0. The van der Waals surface area contributed by atoms with Crippen molar-refractivity contribution in [2.75, 3.05) is 13.2 Å². The molecule has 0 N–H and O–H groups in total. The smallest absolute Gasteiger partial charge is 0.306 e. The molecule has 0 radical (unpaired) electrons. The highest BCUT2D eigenvalue weighted by molar-refractivity contribution is 5.71. The second-order valence-corrected chi connectivity index (χ2v) is 20.2. The van der Waals surface area contributed by atoms with Gasteiger partial charge in [-0.05, 0) is 116 Å². The van der Waals surface area contributed by atoms with Crippen molar-refractivity contribution in [3.63, 3.8) is 0 Å². The third kappa shape index (κ3) is 62.0. The summed E-state index contributed by atoms with van der Waals surface area (Å²) in [6, 6.07) is 0. The zero-order valence-corrected chi connectivity index (χ0v) is 49.7. The number of carbonyl (C=O) groups is 3. The molecule has 0 aromatic rings. The molecule has 434 valence electrons. The Morgan fingerprint density at radius 3 is 0.870 bits per heavy atom. The van der Waals surface area contributed by atoms with Crippen LogP contribution in [0.1, 0.15) is 265 Å². The second kappa shape index (κ2) is 63.8. The quantitative estimate of drug-likeness (QED) is 0.0261. The van der Waals surface area contributed by atoms with Crippen molar-refractivity contribution in [2.45, 2.75) is 271 Å². The summed E-state index contributed by atoms with van der Waals surface area (Å²) in [5.41, 5.74) is 0. The molecule has 0 bridgehead atoms. The minimum absolute atomic E-state index is 0.135. The van der Waals surface area contributed by atoms with Gasteiger partial charge in [-0.2, -0.15) is 0 Å². The SMILES string of the molecule is CC/C=C\C/C=C\C/C=C\C/C=C\C/C=C\C/C=C\CCC(=O)OC(COC(=O)CC/C=C\C/C=C\C/C=C\C/C=C\CC)COC(=O)CCCCCCCCCCCCCCCCC/C=C\C/C=C\CCCCCCC. The monoisotopic (exact) mass is 1060 g/mol. The zero-order chi connectivity index (χ0) is 55.7. The Morgan fingerprint density at radius 2 is 0.532 bits per heavy atom. The molecule has 77 heavy (non-hydrogen) atoms. The Kier molecular flexibility index (Phi) is 59.9. The molecule has 0 aliphatic carbocycles. The van der Waals surface area contributed by atoms with Gasteiger partial charge in [-0.3, -0.25) is 14.4 Å². The highest BCUT2D eigenvalue weighted by Crippen LogP contribution is 2.15. The first kappa shape index (κ1) is 72.3. The Morgan fingerprint density at radius 1 is 0.273 bits per heavy atom. The lowest BCUT2D eigenvalue weighted by Gasteiger charge is -2.18. The summed E-state index contributed by atoms with van der Waals surface area (Å²) in [5.74, 6) is -1.11. The fourth-order valence-corrected chi connectivity index (χ4v) is 8.22. The van der Waals surface area contributed by atoms with Crippen molar-refractivity contribution >= 4 is 17.9 Å². The largest absolute Gasteiger partial charge is 0.462 e. The fraction of sp³-hybridized carbons (Fsp3) is 0.620. The molecule has 1 unspecified atom stereocenters. The van der Waals surface area contributed by atoms with Crippen LogP contribution >= 0.6 is 0 Å². The number of hydrogen-bond acceptors (Lipinski definition) is 6. The van der Waals surface area contributed by atoms with Crippen LogP contribution < -0.4 is 0 Å². The van der Waals surface area contributed by atoms with Gasteiger partial charge in [0, 0.05) is 19.3 Å². The first-order valence-corrected chi connectivity index (χ1v) is 31.3. The Labute approximate surface area is 474 Å². The van der Waals surface area contributed by atoms with E-state index in [9.17, 15) is 14.4 Å². The number of allylic oxidation sites excluding steroid dienone is 24. The van der Waals surface area contributed by atoms with E-state index < -0.39 is 12.1 Å². The molecule has 0 aliphatic heterocycles. The van der Waals surface area contributed by atoms with Crippen LogP contribution in [0.25, 0.3) is 0 Å². The molecule has 0 aromatic carbocycles. The van der Waals surface area contributed by atoms with Gasteiger partial charge in [-0.25, -0.2) is 0 Å². The van der Waals surface area contributed by atoms with E-state index in [-0.39, 0.29) is 38.0 Å². The van der Waals surface area contributed by atoms with E-state index >= 15 is 0 Å². The summed E-state index contributed by atoms with van der Waals surface area (Å²) < 4.78 is 16.7. The molecule has 1 atom stereocenters. The van der Waals surface area contributed by atoms with Gasteiger partial charge >= 0.3 is 17.9 Å². The van der Waals surface area contributed by atoms with Crippen LogP contribution in [0.3, 0.4) is 0 Å². The lowest BCUT2D eigenvalue weighted by atomic mass is 10.0. The molecule has 0 aromatic heterocycles. The van der Waals surface area contributed by atoms with E-state index in [4.69, 9.17) is 14.2 Å². The number of hydrogen-bond donors (Lipinski definition) is 0. The molecule has 0 fully saturated rings. The van der Waals surface area contributed by atoms with E-state index in [1.54, 1.807) is 0 Å². The van der Waals surface area contributed by atoms with Gasteiger partial charge in [0.15, 0.2) is 6.10 Å². The lowest BCUT2D eigenvalue weighted by Crippen LogP contribution is -2.30. The molecule has 0 saturated carbocycles. The molecule has 0 saturated heterocycles. The first-order chi connectivity index (χ1) is 38.0. The predicted molar refractivity (Wildman–Crippen MR) is 334 cm³/mol. The minimum Gasteiger partial charge on any atom is -0.462 e. The van der Waals surface area contributed by atoms with Crippen LogP contribution in [-0.4, -0.2) is 37.2 Å². The third-order valence-corrected chi connectivity index (χ3v) is 12.8. The van der Waals surface area contributed by atoms with Gasteiger partial charge in [-0.15, -0.1) is 0 Å². The third-order valence-electron chi connectivity index (χ3n) is 12.8. The molecule has 6 heteroatoms. The highest BCUT2D eigenvalue weighted by Gasteiger charge is 2.19. The van der Waals surface area contributed by atoms with E-state index in [0.29, 0.717) is 19.3 Å². The van der Waals surface area contributed by atoms with Crippen molar-refractivity contribution in [3.05, 3.63) is 146 Å². The van der Waals surface area contributed by atoms with Crippen LogP contribution in [0.4, 0.5) is 0 Å². The second-order valence-electron chi connectivity index (χ2n) is 20.2. The maximum Gasteiger partial charge on any atom is 0.306 e. The topological polar surface area (TPSA) is 78.9 Å². The Bertz CT molecular complexity index is 1700. The number of carbonyl (C=O) groups excluding carboxylic acids is 3. The fourth-order valence-electron chi connectivity index (χ4n) is 8.22. The average Bonchev–Trinajstić information content (AvgIpc) is 3.43. The standard InChI is InChI=1S/C71H114O6/c1-4-7-10-13-16-19-22-25-27-29-31-32-33-34-35-36-37-38-40-41-43-46-49-52-55-58-61-64-70(73)76-67-68(66-75-69(72)63-60-57-54-51-48-45-24-21-18-15-12-9-6-3)77-71(74)65-62-59-56-53-50-47-44-42-39-30-28-26-23-20-17-14-11-8-5-2/h8-9,11-12,17-18,20-22,25-26,28-29,31,39,42,45,47-48,50,54,56-57,59,68H,4-7,10,13-16,19,23-24,27,30,32-38,40-41,43-44,46,49,51-53,55,58,60-67H2,1-3H3/b11-8-,12-9-,20-17-,21-18-,25-22-,28-26-,31-29-,42-39-,48-45-,50-47-,57-54-,59-56-. The number of ether oxygens (including phenoxy) is 3. The van der Waals surface area contributed by atoms with Gasteiger partial charge in [0.05, 0.1) is 0 Å². The van der Waals surface area contributed by atoms with Crippen molar-refractivity contribution in [1.29, 1.82) is 0 Å². The molecule has 0 aliphatic rings. The van der Waals surface area contributed by atoms with Gasteiger partial charge in [0.1, 0.15) is 13.2 Å². The van der Waals surface area contributed by atoms with E-state index in [1.807, 2.05) is 24.3 Å². The minimum atomic E-state index is -0.854. The first-order valence-electron chi connectivity index (χ1n) is 31.3. The summed E-state index contributed by atoms with van der Waals surface area (Å²) in [6.45, 7) is 6.27. The van der Waals surface area contributed by atoms with Gasteiger partial charge in [0.2, 0.25) is 0 Å². The van der Waals surface area contributed by atoms with Crippen molar-refractivity contribution in [1.82, 2.24) is 0 Å². The molecule has 0 spiro atoms. The lowest BCUT2D eigenvalue weighted by molar-refractivity contribution is -0.166. The molecule has 6 nitrogen and oxygen atoms in total. The van der Waals surface area contributed by atoms with Crippen molar-refractivity contribution < 1.29 is 28.6 Å². The highest BCUT2D eigenvalue weighted by atomic mass is 16.6. The summed E-state index contributed by atoms with van der Waals surface area (Å²) >= 11 is 0. The van der Waals surface area contributed by atoms with Crippen LogP contribution in [0.15, 0.2) is 146 Å². The summed E-state index contributed by atoms with van der Waals surface area (Å²) in [4.78, 5) is 38.2. The maximum atomic E-state index is 12.8. The van der Waals surface area contributed by atoms with Crippen LogP contribution in [0.5, 0.6) is 0 Å². The number of unbranched alkanes of at least 4 members (excludes halogenated alkanes) is 20. The maximum absolute atomic E-state index is 12.8. The Hall–Kier alpha value is -4.71. The van der Waals surface area contributed by atoms with Crippen LogP contribution in [-0.2, 0) is 28.6 Å². The van der Waals surface area contributed by atoms with Crippen LogP contribution in [0, 0.1) is 0 Å².